The van der Waals surface area contributed by atoms with Crippen molar-refractivity contribution in [3.05, 3.63) is 24.4 Å². The maximum Gasteiger partial charge on any atom is 0.145 e. The van der Waals surface area contributed by atoms with E-state index in [0.29, 0.717) is 5.75 Å². The van der Waals surface area contributed by atoms with Gasteiger partial charge in [-0.2, -0.15) is 0 Å². The molecular formula is C10H13NOS. The van der Waals surface area contributed by atoms with E-state index in [4.69, 9.17) is 0 Å². The average Bonchev–Trinajstić information content (AvgIpc) is 2.15. The third-order valence-corrected chi connectivity index (χ3v) is 2.61. The lowest BCUT2D eigenvalue weighted by Crippen LogP contribution is -2.09. The Bertz CT molecular complexity index is 272. The van der Waals surface area contributed by atoms with Crippen LogP contribution < -0.4 is 0 Å². The molecule has 1 rings (SSSR count). The lowest BCUT2D eigenvalue weighted by molar-refractivity contribution is -0.119. The highest BCUT2D eigenvalue weighted by molar-refractivity contribution is 7.99. The van der Waals surface area contributed by atoms with E-state index < -0.39 is 0 Å². The molecule has 0 aromatic carbocycles. The quantitative estimate of drug-likeness (QED) is 0.691. The van der Waals surface area contributed by atoms with Gasteiger partial charge in [0.1, 0.15) is 5.78 Å². The van der Waals surface area contributed by atoms with Gasteiger partial charge in [0.2, 0.25) is 0 Å². The third-order valence-electron chi connectivity index (χ3n) is 1.64. The van der Waals surface area contributed by atoms with Crippen molar-refractivity contribution in [1.29, 1.82) is 0 Å². The average molecular weight is 195 g/mol. The molecule has 0 amide bonds. The Morgan fingerprint density at radius 3 is 2.85 bits per heavy atom. The van der Waals surface area contributed by atoms with Gasteiger partial charge in [0, 0.05) is 12.1 Å². The SMILES string of the molecule is CC(C)C(=O)CSc1ccccn1. The fourth-order valence-corrected chi connectivity index (χ4v) is 1.68. The number of thioether (sulfide) groups is 1. The Balaban J connectivity index is 2.40. The molecule has 0 saturated carbocycles. The zero-order valence-electron chi connectivity index (χ0n) is 7.86. The molecule has 0 atom stereocenters. The molecule has 13 heavy (non-hydrogen) atoms. The Kier molecular flexibility index (Phi) is 3.96. The van der Waals surface area contributed by atoms with E-state index in [1.165, 1.54) is 11.8 Å². The van der Waals surface area contributed by atoms with Gasteiger partial charge >= 0.3 is 0 Å². The second-order valence-corrected chi connectivity index (χ2v) is 4.07. The summed E-state index contributed by atoms with van der Waals surface area (Å²) in [5, 5.41) is 0.913. The number of hydrogen-bond donors (Lipinski definition) is 0. The monoisotopic (exact) mass is 195 g/mol. The van der Waals surface area contributed by atoms with Crippen molar-refractivity contribution in [3.63, 3.8) is 0 Å². The fraction of sp³-hybridized carbons (Fsp3) is 0.400. The van der Waals surface area contributed by atoms with Crippen LogP contribution in [0, 0.1) is 5.92 Å². The summed E-state index contributed by atoms with van der Waals surface area (Å²) in [6.07, 6.45) is 1.74. The van der Waals surface area contributed by atoms with E-state index in [1.54, 1.807) is 6.20 Å². The number of nitrogens with zero attached hydrogens (tertiary/aromatic N) is 1. The minimum atomic E-state index is 0.121. The molecule has 2 nitrogen and oxygen atoms in total. The van der Waals surface area contributed by atoms with Crippen molar-refractivity contribution >= 4 is 17.5 Å². The predicted octanol–water partition coefficient (Wildman–Crippen LogP) is 2.40. The maximum atomic E-state index is 11.3. The number of pyridine rings is 1. The number of hydrogen-bond acceptors (Lipinski definition) is 3. The van der Waals surface area contributed by atoms with Crippen LogP contribution in [0.1, 0.15) is 13.8 Å². The highest BCUT2D eigenvalue weighted by Gasteiger charge is 2.07. The first kappa shape index (κ1) is 10.3. The van der Waals surface area contributed by atoms with Crippen LogP contribution in [0.2, 0.25) is 0 Å². The Hall–Kier alpha value is -0.830. The first-order valence-electron chi connectivity index (χ1n) is 4.26. The smallest absolute Gasteiger partial charge is 0.145 e. The van der Waals surface area contributed by atoms with E-state index in [1.807, 2.05) is 32.0 Å². The summed E-state index contributed by atoms with van der Waals surface area (Å²) >= 11 is 1.50. The zero-order chi connectivity index (χ0) is 9.68. The molecule has 0 spiro atoms. The lowest BCUT2D eigenvalue weighted by Gasteiger charge is -2.02. The molecule has 1 aromatic rings. The van der Waals surface area contributed by atoms with Crippen LogP contribution in [0.15, 0.2) is 29.4 Å². The summed E-state index contributed by atoms with van der Waals surface area (Å²) in [5.41, 5.74) is 0. The third kappa shape index (κ3) is 3.59. The van der Waals surface area contributed by atoms with E-state index >= 15 is 0 Å². The summed E-state index contributed by atoms with van der Waals surface area (Å²) in [6.45, 7) is 3.84. The highest BCUT2D eigenvalue weighted by atomic mass is 32.2. The molecule has 70 valence electrons. The van der Waals surface area contributed by atoms with Crippen LogP contribution in [-0.2, 0) is 4.79 Å². The zero-order valence-corrected chi connectivity index (χ0v) is 8.67. The second kappa shape index (κ2) is 5.02. The number of carbonyl (C=O) groups is 1. The minimum absolute atomic E-state index is 0.121. The highest BCUT2D eigenvalue weighted by Crippen LogP contribution is 2.15. The Labute approximate surface area is 82.8 Å². The fourth-order valence-electron chi connectivity index (χ4n) is 0.744. The van der Waals surface area contributed by atoms with Gasteiger partial charge in [-0.15, -0.1) is 0 Å². The summed E-state index contributed by atoms with van der Waals surface area (Å²) < 4.78 is 0. The summed E-state index contributed by atoms with van der Waals surface area (Å²) in [6, 6.07) is 5.71. The van der Waals surface area contributed by atoms with E-state index in [-0.39, 0.29) is 11.7 Å². The largest absolute Gasteiger partial charge is 0.298 e. The van der Waals surface area contributed by atoms with Crippen LogP contribution >= 0.6 is 11.8 Å². The van der Waals surface area contributed by atoms with Crippen LogP contribution in [0.4, 0.5) is 0 Å². The van der Waals surface area contributed by atoms with Gasteiger partial charge in [0.15, 0.2) is 0 Å². The number of rotatable bonds is 4. The molecule has 1 heterocycles. The van der Waals surface area contributed by atoms with Gasteiger partial charge in [-0.25, -0.2) is 4.98 Å². The van der Waals surface area contributed by atoms with Gasteiger partial charge < -0.3 is 0 Å². The molecule has 0 radical (unpaired) electrons. The van der Waals surface area contributed by atoms with Crippen LogP contribution in [0.3, 0.4) is 0 Å². The van der Waals surface area contributed by atoms with Gasteiger partial charge in [0.05, 0.1) is 10.8 Å². The molecule has 1 aromatic heterocycles. The van der Waals surface area contributed by atoms with Crippen LogP contribution in [0.5, 0.6) is 0 Å². The molecule has 0 aliphatic rings. The summed E-state index contributed by atoms with van der Waals surface area (Å²) in [4.78, 5) is 15.4. The standard InChI is InChI=1S/C10H13NOS/c1-8(2)9(12)7-13-10-5-3-4-6-11-10/h3-6,8H,7H2,1-2H3. The topological polar surface area (TPSA) is 30.0 Å². The van der Waals surface area contributed by atoms with E-state index in [0.717, 1.165) is 5.03 Å². The summed E-state index contributed by atoms with van der Waals surface area (Å²) in [7, 11) is 0. The van der Waals surface area contributed by atoms with Crippen LogP contribution in [-0.4, -0.2) is 16.5 Å². The summed E-state index contributed by atoms with van der Waals surface area (Å²) in [5.74, 6) is 0.918. The molecule has 0 aliphatic carbocycles. The number of Topliss-reactive ketones (excluding diaryl/α,β-unsaturated/α-hetero) is 1. The number of ketones is 1. The van der Waals surface area contributed by atoms with Gasteiger partial charge in [-0.3, -0.25) is 4.79 Å². The van der Waals surface area contributed by atoms with Crippen molar-refractivity contribution in [2.75, 3.05) is 5.75 Å². The maximum absolute atomic E-state index is 11.3. The molecule has 0 bridgehead atoms. The first-order valence-corrected chi connectivity index (χ1v) is 5.25. The predicted molar refractivity (Wildman–Crippen MR) is 54.8 cm³/mol. The molecule has 0 N–H and O–H groups in total. The Morgan fingerprint density at radius 2 is 2.31 bits per heavy atom. The molecule has 0 aliphatic heterocycles. The number of carbonyl (C=O) groups excluding carboxylic acids is 1. The molecule has 0 fully saturated rings. The van der Waals surface area contributed by atoms with Gasteiger partial charge in [0.25, 0.3) is 0 Å². The first-order chi connectivity index (χ1) is 6.20. The van der Waals surface area contributed by atoms with E-state index in [9.17, 15) is 4.79 Å². The molecule has 0 saturated heterocycles. The number of aromatic nitrogens is 1. The van der Waals surface area contributed by atoms with Gasteiger partial charge in [-0.1, -0.05) is 31.7 Å². The minimum Gasteiger partial charge on any atom is -0.298 e. The second-order valence-electron chi connectivity index (χ2n) is 3.08. The van der Waals surface area contributed by atoms with Crippen molar-refractivity contribution in [2.45, 2.75) is 18.9 Å². The van der Waals surface area contributed by atoms with Crippen LogP contribution in [0.25, 0.3) is 0 Å². The lowest BCUT2D eigenvalue weighted by atomic mass is 10.1. The van der Waals surface area contributed by atoms with Crippen molar-refractivity contribution < 1.29 is 4.79 Å². The molecular weight excluding hydrogens is 182 g/mol. The molecule has 0 unspecified atom stereocenters. The van der Waals surface area contributed by atoms with Gasteiger partial charge in [-0.05, 0) is 12.1 Å². The normalized spacial score (nSPS) is 10.4. The van der Waals surface area contributed by atoms with E-state index in [2.05, 4.69) is 4.98 Å². The molecule has 3 heteroatoms. The van der Waals surface area contributed by atoms with Crippen molar-refractivity contribution in [3.8, 4) is 0 Å². The van der Waals surface area contributed by atoms with Crippen molar-refractivity contribution in [1.82, 2.24) is 4.98 Å². The van der Waals surface area contributed by atoms with Crippen molar-refractivity contribution in [2.24, 2.45) is 5.92 Å². The Morgan fingerprint density at radius 1 is 1.54 bits per heavy atom.